The molecule has 0 saturated carbocycles. The van der Waals surface area contributed by atoms with Gasteiger partial charge in [0.2, 0.25) is 0 Å². The zero-order chi connectivity index (χ0) is 10.8. The molecule has 5 heteroatoms. The van der Waals surface area contributed by atoms with Gasteiger partial charge in [0.25, 0.3) is 0 Å². The monoisotopic (exact) mass is 207 g/mol. The van der Waals surface area contributed by atoms with Crippen molar-refractivity contribution in [2.24, 2.45) is 0 Å². The Morgan fingerprint density at radius 3 is 2.80 bits per heavy atom. The van der Waals surface area contributed by atoms with Crippen LogP contribution in [0.25, 0.3) is 0 Å². The lowest BCUT2D eigenvalue weighted by Crippen LogP contribution is -2.04. The Balaban J connectivity index is 2.38. The van der Waals surface area contributed by atoms with Crippen molar-refractivity contribution in [2.45, 2.75) is 6.10 Å². The molecule has 0 fully saturated rings. The molecule has 0 aliphatic carbocycles. The first-order valence-corrected chi connectivity index (χ1v) is 4.41. The molecule has 0 aliphatic heterocycles. The number of nitrogens with one attached hydrogen (secondary N) is 1. The highest BCUT2D eigenvalue weighted by molar-refractivity contribution is 5.49. The highest BCUT2D eigenvalue weighted by Gasteiger charge is 2.14. The number of aliphatic hydroxyl groups excluding tert-OH is 1. The summed E-state index contributed by atoms with van der Waals surface area (Å²) in [5.41, 5.74) is 6.79. The van der Waals surface area contributed by atoms with Crippen LogP contribution in [0.4, 0.5) is 10.1 Å². The van der Waals surface area contributed by atoms with E-state index in [0.29, 0.717) is 11.3 Å². The highest BCUT2D eigenvalue weighted by Crippen LogP contribution is 2.25. The fraction of sp³-hybridized carbons (Fsp3) is 0.100. The summed E-state index contributed by atoms with van der Waals surface area (Å²) >= 11 is 0. The molecule has 1 aromatic heterocycles. The molecule has 4 N–H and O–H groups in total. The van der Waals surface area contributed by atoms with Crippen molar-refractivity contribution < 1.29 is 9.50 Å². The number of aromatic nitrogens is 2. The first kappa shape index (κ1) is 9.67. The van der Waals surface area contributed by atoms with Gasteiger partial charge in [-0.1, -0.05) is 6.07 Å². The van der Waals surface area contributed by atoms with Crippen molar-refractivity contribution in [3.05, 3.63) is 47.5 Å². The standard InChI is InChI=1S/C10H10FN3O/c11-6-1-2-7(8(12)5-6)10(15)9-3-4-13-14-9/h1-5,10,15H,12H2,(H,13,14). The lowest BCUT2D eigenvalue weighted by molar-refractivity contribution is 0.216. The normalized spacial score (nSPS) is 12.7. The van der Waals surface area contributed by atoms with Crippen LogP contribution in [-0.2, 0) is 0 Å². The van der Waals surface area contributed by atoms with Crippen LogP contribution in [-0.4, -0.2) is 15.3 Å². The third-order valence-corrected chi connectivity index (χ3v) is 2.16. The molecule has 4 nitrogen and oxygen atoms in total. The summed E-state index contributed by atoms with van der Waals surface area (Å²) in [6.07, 6.45) is 0.617. The van der Waals surface area contributed by atoms with Crippen LogP contribution >= 0.6 is 0 Å². The fourth-order valence-corrected chi connectivity index (χ4v) is 1.38. The minimum atomic E-state index is -0.909. The summed E-state index contributed by atoms with van der Waals surface area (Å²) < 4.78 is 12.8. The van der Waals surface area contributed by atoms with E-state index >= 15 is 0 Å². The van der Waals surface area contributed by atoms with Crippen LogP contribution in [0.1, 0.15) is 17.4 Å². The molecule has 0 radical (unpaired) electrons. The van der Waals surface area contributed by atoms with Gasteiger partial charge < -0.3 is 10.8 Å². The van der Waals surface area contributed by atoms with E-state index in [1.54, 1.807) is 6.07 Å². The number of aliphatic hydroxyl groups is 1. The highest BCUT2D eigenvalue weighted by atomic mass is 19.1. The Bertz CT molecular complexity index is 456. The van der Waals surface area contributed by atoms with Gasteiger partial charge in [-0.05, 0) is 18.2 Å². The third-order valence-electron chi connectivity index (χ3n) is 2.16. The Hall–Kier alpha value is -1.88. The lowest BCUT2D eigenvalue weighted by Gasteiger charge is -2.11. The average Bonchev–Trinajstić information content (AvgIpc) is 2.69. The number of halogens is 1. The number of rotatable bonds is 2. The van der Waals surface area contributed by atoms with Crippen molar-refractivity contribution in [1.82, 2.24) is 10.2 Å². The first-order valence-electron chi connectivity index (χ1n) is 4.41. The number of nitrogens with two attached hydrogens (primary N) is 1. The molecular weight excluding hydrogens is 197 g/mol. The zero-order valence-electron chi connectivity index (χ0n) is 7.81. The van der Waals surface area contributed by atoms with Crippen LogP contribution in [0.15, 0.2) is 30.5 Å². The second-order valence-corrected chi connectivity index (χ2v) is 3.19. The SMILES string of the molecule is Nc1cc(F)ccc1C(O)c1ccn[nH]1. The third kappa shape index (κ3) is 1.82. The van der Waals surface area contributed by atoms with E-state index in [9.17, 15) is 9.50 Å². The van der Waals surface area contributed by atoms with Gasteiger partial charge in [0.05, 0.1) is 5.69 Å². The Morgan fingerprint density at radius 1 is 1.40 bits per heavy atom. The Morgan fingerprint density at radius 2 is 2.20 bits per heavy atom. The van der Waals surface area contributed by atoms with Gasteiger partial charge in [-0.2, -0.15) is 5.10 Å². The van der Waals surface area contributed by atoms with Crippen LogP contribution < -0.4 is 5.73 Å². The molecule has 2 rings (SSSR count). The van der Waals surface area contributed by atoms with Gasteiger partial charge in [0, 0.05) is 17.4 Å². The predicted octanol–water partition coefficient (Wildman–Crippen LogP) is 1.21. The largest absolute Gasteiger partial charge is 0.398 e. The van der Waals surface area contributed by atoms with Crippen molar-refractivity contribution in [3.8, 4) is 0 Å². The molecule has 78 valence electrons. The van der Waals surface area contributed by atoms with E-state index in [4.69, 9.17) is 5.73 Å². The molecule has 1 heterocycles. The van der Waals surface area contributed by atoms with E-state index < -0.39 is 11.9 Å². The maximum Gasteiger partial charge on any atom is 0.125 e. The summed E-state index contributed by atoms with van der Waals surface area (Å²) in [5.74, 6) is -0.423. The van der Waals surface area contributed by atoms with E-state index in [0.717, 1.165) is 0 Å². The van der Waals surface area contributed by atoms with E-state index in [1.807, 2.05) is 0 Å². The number of anilines is 1. The summed E-state index contributed by atoms with van der Waals surface area (Å²) in [6.45, 7) is 0. The quantitative estimate of drug-likeness (QED) is 0.648. The summed E-state index contributed by atoms with van der Waals surface area (Å²) in [6, 6.07) is 5.52. The van der Waals surface area contributed by atoms with Crippen LogP contribution in [0, 0.1) is 5.82 Å². The lowest BCUT2D eigenvalue weighted by atomic mass is 10.0. The van der Waals surface area contributed by atoms with Gasteiger partial charge in [0.1, 0.15) is 11.9 Å². The van der Waals surface area contributed by atoms with Crippen molar-refractivity contribution in [2.75, 3.05) is 5.73 Å². The molecule has 1 unspecified atom stereocenters. The number of aromatic amines is 1. The van der Waals surface area contributed by atoms with Gasteiger partial charge >= 0.3 is 0 Å². The zero-order valence-corrected chi connectivity index (χ0v) is 7.81. The molecule has 0 aliphatic rings. The molecule has 1 atom stereocenters. The predicted molar refractivity (Wildman–Crippen MR) is 53.5 cm³/mol. The van der Waals surface area contributed by atoms with Crippen LogP contribution in [0.3, 0.4) is 0 Å². The molecule has 0 saturated heterocycles. The molecular formula is C10H10FN3O. The number of nitrogen functional groups attached to an aromatic ring is 1. The van der Waals surface area contributed by atoms with E-state index in [1.165, 1.54) is 24.4 Å². The van der Waals surface area contributed by atoms with Gasteiger partial charge in [-0.25, -0.2) is 4.39 Å². The van der Waals surface area contributed by atoms with Gasteiger partial charge in [0.15, 0.2) is 0 Å². The maximum atomic E-state index is 12.8. The van der Waals surface area contributed by atoms with Crippen molar-refractivity contribution in [1.29, 1.82) is 0 Å². The number of H-pyrrole nitrogens is 1. The summed E-state index contributed by atoms with van der Waals surface area (Å²) in [5, 5.41) is 16.2. The minimum Gasteiger partial charge on any atom is -0.398 e. The second-order valence-electron chi connectivity index (χ2n) is 3.19. The Labute approximate surface area is 85.6 Å². The maximum absolute atomic E-state index is 12.8. The molecule has 1 aromatic carbocycles. The van der Waals surface area contributed by atoms with E-state index in [-0.39, 0.29) is 5.69 Å². The van der Waals surface area contributed by atoms with Gasteiger partial charge in [-0.3, -0.25) is 5.10 Å². The molecule has 15 heavy (non-hydrogen) atoms. The summed E-state index contributed by atoms with van der Waals surface area (Å²) in [4.78, 5) is 0. The number of benzene rings is 1. The number of hydrogen-bond donors (Lipinski definition) is 3. The fourth-order valence-electron chi connectivity index (χ4n) is 1.38. The molecule has 0 amide bonds. The van der Waals surface area contributed by atoms with Crippen LogP contribution in [0.2, 0.25) is 0 Å². The summed E-state index contributed by atoms with van der Waals surface area (Å²) in [7, 11) is 0. The Kier molecular flexibility index (Phi) is 2.39. The smallest absolute Gasteiger partial charge is 0.125 e. The average molecular weight is 207 g/mol. The second kappa shape index (κ2) is 3.70. The topological polar surface area (TPSA) is 74.9 Å². The number of nitrogens with zero attached hydrogens (tertiary/aromatic N) is 1. The molecule has 0 spiro atoms. The van der Waals surface area contributed by atoms with Crippen molar-refractivity contribution in [3.63, 3.8) is 0 Å². The molecule has 0 bridgehead atoms. The van der Waals surface area contributed by atoms with Crippen LogP contribution in [0.5, 0.6) is 0 Å². The van der Waals surface area contributed by atoms with Crippen molar-refractivity contribution >= 4 is 5.69 Å². The first-order chi connectivity index (χ1) is 7.18. The van der Waals surface area contributed by atoms with Gasteiger partial charge in [-0.15, -0.1) is 0 Å². The van der Waals surface area contributed by atoms with E-state index in [2.05, 4.69) is 10.2 Å². The number of hydrogen-bond acceptors (Lipinski definition) is 3. The molecule has 2 aromatic rings. The minimum absolute atomic E-state index is 0.220.